The Balaban J connectivity index is 1.55. The van der Waals surface area contributed by atoms with Gasteiger partial charge in [-0.15, -0.1) is 11.3 Å². The highest BCUT2D eigenvalue weighted by atomic mass is 32.1. The summed E-state index contributed by atoms with van der Waals surface area (Å²) < 4.78 is 44.1. The standard InChI is InChI=1S/C22H22F3N5O2S/c1-12-7-26-20(33-12)15-4-14(5-17(6-15)32-18-10-30(3)11-18)19(31)29-13(2)16-8-27-21(28-9-16)22(23,24)25/h4-9,13,18H,10-11H2,1-3H3,(H,29,31)/t13-/m1/s1. The molecule has 1 atom stereocenters. The van der Waals surface area contributed by atoms with Crippen molar-refractivity contribution in [3.05, 3.63) is 58.6 Å². The highest BCUT2D eigenvalue weighted by Gasteiger charge is 2.34. The average molecular weight is 478 g/mol. The molecule has 0 radical (unpaired) electrons. The third-order valence-electron chi connectivity index (χ3n) is 5.14. The SMILES string of the molecule is Cc1cnc(-c2cc(OC3CN(C)C3)cc(C(=O)N[C@H](C)c3cnc(C(F)(F)F)nc3)c2)s1. The maximum atomic E-state index is 13.0. The van der Waals surface area contributed by atoms with Gasteiger partial charge in [0.15, 0.2) is 0 Å². The Bertz CT molecular complexity index is 1140. The number of rotatable bonds is 6. The van der Waals surface area contributed by atoms with Gasteiger partial charge in [0.1, 0.15) is 16.9 Å². The molecule has 0 spiro atoms. The molecule has 2 aromatic heterocycles. The van der Waals surface area contributed by atoms with E-state index in [-0.39, 0.29) is 6.10 Å². The number of likely N-dealkylation sites (tertiary alicyclic amines) is 1. The maximum absolute atomic E-state index is 13.0. The Morgan fingerprint density at radius 3 is 2.45 bits per heavy atom. The molecule has 174 valence electrons. The lowest BCUT2D eigenvalue weighted by atomic mass is 10.1. The molecule has 11 heteroatoms. The molecule has 1 saturated heterocycles. The molecule has 1 aliphatic rings. The van der Waals surface area contributed by atoms with E-state index in [4.69, 9.17) is 4.74 Å². The molecule has 3 aromatic rings. The number of aryl methyl sites for hydroxylation is 1. The van der Waals surface area contributed by atoms with Gasteiger partial charge in [-0.2, -0.15) is 13.2 Å². The largest absolute Gasteiger partial charge is 0.488 e. The zero-order valence-corrected chi connectivity index (χ0v) is 19.0. The van der Waals surface area contributed by atoms with Gasteiger partial charge in [0.2, 0.25) is 5.82 Å². The highest BCUT2D eigenvalue weighted by Crippen LogP contribution is 2.31. The van der Waals surface area contributed by atoms with Crippen LogP contribution in [0.2, 0.25) is 0 Å². The van der Waals surface area contributed by atoms with E-state index in [1.165, 1.54) is 11.3 Å². The fourth-order valence-electron chi connectivity index (χ4n) is 3.39. The van der Waals surface area contributed by atoms with Crippen molar-refractivity contribution in [2.45, 2.75) is 32.2 Å². The lowest BCUT2D eigenvalue weighted by Gasteiger charge is -2.36. The summed E-state index contributed by atoms with van der Waals surface area (Å²) in [7, 11) is 2.00. The van der Waals surface area contributed by atoms with E-state index in [1.54, 1.807) is 25.3 Å². The number of carbonyl (C=O) groups is 1. The minimum Gasteiger partial charge on any atom is -0.488 e. The van der Waals surface area contributed by atoms with Gasteiger partial charge >= 0.3 is 6.18 Å². The summed E-state index contributed by atoms with van der Waals surface area (Å²) in [5, 5.41) is 3.55. The highest BCUT2D eigenvalue weighted by molar-refractivity contribution is 7.14. The molecular formula is C22H22F3N5O2S. The molecule has 0 aliphatic carbocycles. The molecule has 1 N–H and O–H groups in total. The van der Waals surface area contributed by atoms with Gasteiger partial charge in [-0.1, -0.05) is 0 Å². The summed E-state index contributed by atoms with van der Waals surface area (Å²) in [5.74, 6) is -1.05. The van der Waals surface area contributed by atoms with Crippen molar-refractivity contribution in [1.82, 2.24) is 25.2 Å². The van der Waals surface area contributed by atoms with Crippen molar-refractivity contribution in [3.8, 4) is 16.3 Å². The lowest BCUT2D eigenvalue weighted by Crippen LogP contribution is -2.51. The van der Waals surface area contributed by atoms with Crippen LogP contribution in [0.25, 0.3) is 10.6 Å². The van der Waals surface area contributed by atoms with E-state index in [0.717, 1.165) is 40.9 Å². The van der Waals surface area contributed by atoms with E-state index >= 15 is 0 Å². The summed E-state index contributed by atoms with van der Waals surface area (Å²) in [6.45, 7) is 5.20. The van der Waals surface area contributed by atoms with Crippen molar-refractivity contribution >= 4 is 17.2 Å². The second-order valence-electron chi connectivity index (χ2n) is 8.02. The van der Waals surface area contributed by atoms with Crippen LogP contribution in [0.5, 0.6) is 5.75 Å². The summed E-state index contributed by atoms with van der Waals surface area (Å²) in [6, 6.07) is 4.65. The third kappa shape index (κ3) is 5.48. The van der Waals surface area contributed by atoms with E-state index in [0.29, 0.717) is 16.9 Å². The minimum absolute atomic E-state index is 0.0439. The molecule has 0 saturated carbocycles. The number of alkyl halides is 3. The second-order valence-corrected chi connectivity index (χ2v) is 9.25. The Morgan fingerprint density at radius 2 is 1.88 bits per heavy atom. The van der Waals surface area contributed by atoms with Crippen LogP contribution in [-0.2, 0) is 6.18 Å². The zero-order valence-electron chi connectivity index (χ0n) is 18.2. The predicted molar refractivity (Wildman–Crippen MR) is 117 cm³/mol. The van der Waals surface area contributed by atoms with Gasteiger partial charge < -0.3 is 10.1 Å². The van der Waals surface area contributed by atoms with Crippen molar-refractivity contribution in [1.29, 1.82) is 0 Å². The van der Waals surface area contributed by atoms with Crippen LogP contribution >= 0.6 is 11.3 Å². The van der Waals surface area contributed by atoms with E-state index in [2.05, 4.69) is 25.2 Å². The topological polar surface area (TPSA) is 80.2 Å². The van der Waals surface area contributed by atoms with Gasteiger partial charge in [0, 0.05) is 53.2 Å². The fraction of sp³-hybridized carbons (Fsp3) is 0.364. The number of ether oxygens (including phenoxy) is 1. The van der Waals surface area contributed by atoms with Crippen molar-refractivity contribution in [3.63, 3.8) is 0 Å². The lowest BCUT2D eigenvalue weighted by molar-refractivity contribution is -0.145. The Labute approximate surface area is 192 Å². The van der Waals surface area contributed by atoms with Gasteiger partial charge in [-0.05, 0) is 39.1 Å². The molecule has 1 amide bonds. The molecule has 1 fully saturated rings. The van der Waals surface area contributed by atoms with E-state index < -0.39 is 23.9 Å². The summed E-state index contributed by atoms with van der Waals surface area (Å²) in [4.78, 5) is 27.3. The van der Waals surface area contributed by atoms with Gasteiger partial charge in [0.05, 0.1) is 6.04 Å². The van der Waals surface area contributed by atoms with Crippen LogP contribution in [-0.4, -0.2) is 52.0 Å². The Hall–Kier alpha value is -3.05. The number of thiazole rings is 1. The number of amides is 1. The molecule has 0 bridgehead atoms. The number of carbonyl (C=O) groups excluding carboxylic acids is 1. The van der Waals surface area contributed by atoms with Crippen molar-refractivity contribution in [2.75, 3.05) is 20.1 Å². The quantitative estimate of drug-likeness (QED) is 0.576. The average Bonchev–Trinajstić information content (AvgIpc) is 3.18. The number of nitrogens with zero attached hydrogens (tertiary/aromatic N) is 4. The number of aromatic nitrogens is 3. The number of halogens is 3. The summed E-state index contributed by atoms with van der Waals surface area (Å²) >= 11 is 1.51. The molecule has 1 aromatic carbocycles. The Morgan fingerprint density at radius 1 is 1.18 bits per heavy atom. The Kier molecular flexibility index (Phi) is 6.35. The van der Waals surface area contributed by atoms with Gasteiger partial charge in [-0.3, -0.25) is 9.69 Å². The number of nitrogens with one attached hydrogen (secondary N) is 1. The first-order chi connectivity index (χ1) is 15.6. The van der Waals surface area contributed by atoms with Crippen LogP contribution in [0.3, 0.4) is 0 Å². The number of hydrogen-bond donors (Lipinski definition) is 1. The molecule has 33 heavy (non-hydrogen) atoms. The summed E-state index contributed by atoms with van der Waals surface area (Å²) in [5.41, 5.74) is 1.48. The molecule has 4 rings (SSSR count). The minimum atomic E-state index is -4.62. The van der Waals surface area contributed by atoms with Crippen molar-refractivity contribution < 1.29 is 22.7 Å². The summed E-state index contributed by atoms with van der Waals surface area (Å²) in [6.07, 6.45) is -0.678. The van der Waals surface area contributed by atoms with Crippen LogP contribution in [0.4, 0.5) is 13.2 Å². The predicted octanol–water partition coefficient (Wildman–Crippen LogP) is 4.11. The number of benzene rings is 1. The first-order valence-electron chi connectivity index (χ1n) is 10.2. The normalized spacial score (nSPS) is 15.7. The monoisotopic (exact) mass is 477 g/mol. The molecule has 1 aliphatic heterocycles. The smallest absolute Gasteiger partial charge is 0.451 e. The first kappa shape index (κ1) is 23.1. The number of likely N-dealkylation sites (N-methyl/N-ethyl adjacent to an activating group) is 1. The van der Waals surface area contributed by atoms with Crippen LogP contribution in [0.15, 0.2) is 36.8 Å². The molecular weight excluding hydrogens is 455 g/mol. The van der Waals surface area contributed by atoms with Crippen LogP contribution in [0, 0.1) is 6.92 Å². The maximum Gasteiger partial charge on any atom is 0.451 e. The second kappa shape index (κ2) is 9.06. The first-order valence-corrected chi connectivity index (χ1v) is 11.0. The van der Waals surface area contributed by atoms with Gasteiger partial charge in [0.25, 0.3) is 5.91 Å². The number of hydrogen-bond acceptors (Lipinski definition) is 7. The zero-order chi connectivity index (χ0) is 23.8. The van der Waals surface area contributed by atoms with E-state index in [1.807, 2.05) is 20.0 Å². The van der Waals surface area contributed by atoms with Crippen LogP contribution < -0.4 is 10.1 Å². The molecule has 0 unspecified atom stereocenters. The molecule has 3 heterocycles. The fourth-order valence-corrected chi connectivity index (χ4v) is 4.14. The third-order valence-corrected chi connectivity index (χ3v) is 6.11. The van der Waals surface area contributed by atoms with Gasteiger partial charge in [-0.25, -0.2) is 15.0 Å². The van der Waals surface area contributed by atoms with Crippen LogP contribution in [0.1, 0.15) is 39.6 Å². The van der Waals surface area contributed by atoms with Crippen molar-refractivity contribution in [2.24, 2.45) is 0 Å². The molecule has 7 nitrogen and oxygen atoms in total. The van der Waals surface area contributed by atoms with E-state index in [9.17, 15) is 18.0 Å².